The van der Waals surface area contributed by atoms with E-state index in [0.29, 0.717) is 18.0 Å². The molecule has 4 nitrogen and oxygen atoms in total. The second kappa shape index (κ2) is 4.76. The second-order valence-corrected chi connectivity index (χ2v) is 6.53. The lowest BCUT2D eigenvalue weighted by Crippen LogP contribution is -3.12. The molecule has 17 heavy (non-hydrogen) atoms. The lowest BCUT2D eigenvalue weighted by Gasteiger charge is -2.29. The number of benzene rings is 1. The third-order valence-electron chi connectivity index (χ3n) is 3.29. The van der Waals surface area contributed by atoms with Crippen molar-refractivity contribution in [2.75, 3.05) is 33.2 Å². The van der Waals surface area contributed by atoms with Gasteiger partial charge in [0.25, 0.3) is 0 Å². The van der Waals surface area contributed by atoms with Gasteiger partial charge in [0.1, 0.15) is 0 Å². The molecule has 1 fully saturated rings. The van der Waals surface area contributed by atoms with Gasteiger partial charge in [-0.3, -0.25) is 0 Å². The summed E-state index contributed by atoms with van der Waals surface area (Å²) in [5.41, 5.74) is 0.818. The average Bonchev–Trinajstić information content (AvgIpc) is 2.30. The van der Waals surface area contributed by atoms with Crippen LogP contribution in [0, 0.1) is 6.92 Å². The molecular formula is C12H19N2O2S+. The van der Waals surface area contributed by atoms with Crippen LogP contribution in [0.4, 0.5) is 0 Å². The predicted octanol–water partition coefficient (Wildman–Crippen LogP) is -0.486. The molecule has 1 aliphatic rings. The zero-order valence-electron chi connectivity index (χ0n) is 10.3. The van der Waals surface area contributed by atoms with Crippen molar-refractivity contribution >= 4 is 10.0 Å². The standard InChI is InChI=1S/C12H18N2O2S/c1-11-5-3-4-6-12(11)17(15,16)14-9-7-13(2)8-10-14/h3-6H,7-10H2,1-2H3/p+1. The van der Waals surface area contributed by atoms with Crippen LogP contribution in [0.5, 0.6) is 0 Å². The van der Waals surface area contributed by atoms with E-state index in [2.05, 4.69) is 7.05 Å². The monoisotopic (exact) mass is 255 g/mol. The largest absolute Gasteiger partial charge is 0.335 e. The minimum atomic E-state index is -3.30. The van der Waals surface area contributed by atoms with Crippen LogP contribution in [-0.4, -0.2) is 45.9 Å². The maximum absolute atomic E-state index is 12.4. The van der Waals surface area contributed by atoms with E-state index in [1.165, 1.54) is 4.90 Å². The molecule has 0 atom stereocenters. The Bertz CT molecular complexity index is 491. The number of nitrogens with zero attached hydrogens (tertiary/aromatic N) is 1. The summed E-state index contributed by atoms with van der Waals surface area (Å²) < 4.78 is 26.5. The normalized spacial score (nSPS) is 19.4. The summed E-state index contributed by atoms with van der Waals surface area (Å²) in [6.45, 7) is 4.83. The molecule has 0 radical (unpaired) electrons. The van der Waals surface area contributed by atoms with Gasteiger partial charge < -0.3 is 4.90 Å². The van der Waals surface area contributed by atoms with E-state index >= 15 is 0 Å². The first-order valence-corrected chi connectivity index (χ1v) is 7.33. The molecule has 94 valence electrons. The van der Waals surface area contributed by atoms with Gasteiger partial charge in [0, 0.05) is 0 Å². The number of rotatable bonds is 2. The molecule has 1 N–H and O–H groups in total. The van der Waals surface area contributed by atoms with E-state index in [1.54, 1.807) is 16.4 Å². The van der Waals surface area contributed by atoms with Crippen LogP contribution in [0.3, 0.4) is 0 Å². The molecule has 1 aromatic carbocycles. The summed E-state index contributed by atoms with van der Waals surface area (Å²) in [6, 6.07) is 7.17. The van der Waals surface area contributed by atoms with Crippen molar-refractivity contribution in [3.63, 3.8) is 0 Å². The summed E-state index contributed by atoms with van der Waals surface area (Å²) in [5.74, 6) is 0. The van der Waals surface area contributed by atoms with Crippen LogP contribution >= 0.6 is 0 Å². The highest BCUT2D eigenvalue weighted by molar-refractivity contribution is 7.89. The van der Waals surface area contributed by atoms with Crippen LogP contribution in [0.25, 0.3) is 0 Å². The van der Waals surface area contributed by atoms with E-state index < -0.39 is 10.0 Å². The Morgan fingerprint density at radius 3 is 2.35 bits per heavy atom. The third kappa shape index (κ3) is 2.51. The van der Waals surface area contributed by atoms with Gasteiger partial charge in [-0.25, -0.2) is 8.42 Å². The zero-order valence-corrected chi connectivity index (χ0v) is 11.1. The fourth-order valence-electron chi connectivity index (χ4n) is 2.09. The summed E-state index contributed by atoms with van der Waals surface area (Å²) in [7, 11) is -1.20. The van der Waals surface area contributed by atoms with Crippen molar-refractivity contribution in [2.45, 2.75) is 11.8 Å². The van der Waals surface area contributed by atoms with Gasteiger partial charge in [-0.1, -0.05) is 18.2 Å². The molecule has 0 aliphatic carbocycles. The lowest BCUT2D eigenvalue weighted by atomic mass is 10.2. The zero-order chi connectivity index (χ0) is 12.5. The fourth-order valence-corrected chi connectivity index (χ4v) is 3.76. The van der Waals surface area contributed by atoms with Crippen molar-refractivity contribution in [1.29, 1.82) is 0 Å². The van der Waals surface area contributed by atoms with Crippen molar-refractivity contribution < 1.29 is 13.3 Å². The van der Waals surface area contributed by atoms with Crippen molar-refractivity contribution in [3.8, 4) is 0 Å². The van der Waals surface area contributed by atoms with Crippen LogP contribution in [0.1, 0.15) is 5.56 Å². The predicted molar refractivity (Wildman–Crippen MR) is 66.6 cm³/mol. The summed E-state index contributed by atoms with van der Waals surface area (Å²) >= 11 is 0. The van der Waals surface area contributed by atoms with E-state index in [-0.39, 0.29) is 0 Å². The van der Waals surface area contributed by atoms with Crippen molar-refractivity contribution in [3.05, 3.63) is 29.8 Å². The molecule has 1 saturated heterocycles. The minimum Gasteiger partial charge on any atom is -0.335 e. The van der Waals surface area contributed by atoms with Crippen LogP contribution in [0.15, 0.2) is 29.2 Å². The topological polar surface area (TPSA) is 41.8 Å². The molecule has 1 heterocycles. The molecule has 1 aliphatic heterocycles. The molecule has 0 aromatic heterocycles. The first-order valence-electron chi connectivity index (χ1n) is 5.89. The smallest absolute Gasteiger partial charge is 0.243 e. The summed E-state index contributed by atoms with van der Waals surface area (Å²) in [4.78, 5) is 1.83. The van der Waals surface area contributed by atoms with Crippen molar-refractivity contribution in [2.24, 2.45) is 0 Å². The van der Waals surface area contributed by atoms with E-state index in [9.17, 15) is 8.42 Å². The third-order valence-corrected chi connectivity index (χ3v) is 5.35. The highest BCUT2D eigenvalue weighted by Crippen LogP contribution is 2.19. The Hall–Kier alpha value is -0.910. The molecule has 2 rings (SSSR count). The number of likely N-dealkylation sites (N-methyl/N-ethyl adjacent to an activating group) is 1. The van der Waals surface area contributed by atoms with Gasteiger partial charge in [0.05, 0.1) is 38.1 Å². The highest BCUT2D eigenvalue weighted by Gasteiger charge is 2.29. The van der Waals surface area contributed by atoms with E-state index in [1.807, 2.05) is 19.1 Å². The van der Waals surface area contributed by atoms with Crippen LogP contribution in [0.2, 0.25) is 0 Å². The second-order valence-electron chi connectivity index (χ2n) is 4.63. The fraction of sp³-hybridized carbons (Fsp3) is 0.500. The molecule has 0 saturated carbocycles. The van der Waals surface area contributed by atoms with Crippen LogP contribution < -0.4 is 4.90 Å². The minimum absolute atomic E-state index is 0.444. The Labute approximate surface area is 103 Å². The lowest BCUT2D eigenvalue weighted by molar-refractivity contribution is -0.883. The number of nitrogens with one attached hydrogen (secondary N) is 1. The Kier molecular flexibility index (Phi) is 3.51. The number of sulfonamides is 1. The van der Waals surface area contributed by atoms with Gasteiger partial charge in [-0.05, 0) is 18.6 Å². The molecule has 1 aromatic rings. The number of hydrogen-bond donors (Lipinski definition) is 1. The Balaban J connectivity index is 2.28. The first-order chi connectivity index (χ1) is 8.01. The van der Waals surface area contributed by atoms with Gasteiger partial charge in [0.15, 0.2) is 0 Å². The molecule has 5 heteroatoms. The maximum atomic E-state index is 12.4. The molecular weight excluding hydrogens is 236 g/mol. The average molecular weight is 255 g/mol. The number of aryl methyl sites for hydroxylation is 1. The Morgan fingerprint density at radius 2 is 1.76 bits per heavy atom. The van der Waals surface area contributed by atoms with Gasteiger partial charge >= 0.3 is 0 Å². The number of hydrogen-bond acceptors (Lipinski definition) is 2. The number of piperazine rings is 1. The summed E-state index contributed by atoms with van der Waals surface area (Å²) in [5, 5.41) is 0. The SMILES string of the molecule is Cc1ccccc1S(=O)(=O)N1CC[NH+](C)CC1. The van der Waals surface area contributed by atoms with E-state index in [0.717, 1.165) is 18.7 Å². The first kappa shape index (κ1) is 12.5. The Morgan fingerprint density at radius 1 is 1.18 bits per heavy atom. The van der Waals surface area contributed by atoms with Gasteiger partial charge in [-0.15, -0.1) is 0 Å². The molecule has 0 amide bonds. The summed E-state index contributed by atoms with van der Waals surface area (Å²) in [6.07, 6.45) is 0. The molecule has 0 unspecified atom stereocenters. The maximum Gasteiger partial charge on any atom is 0.243 e. The highest BCUT2D eigenvalue weighted by atomic mass is 32.2. The van der Waals surface area contributed by atoms with Crippen LogP contribution in [-0.2, 0) is 10.0 Å². The van der Waals surface area contributed by atoms with Gasteiger partial charge in [-0.2, -0.15) is 4.31 Å². The van der Waals surface area contributed by atoms with E-state index in [4.69, 9.17) is 0 Å². The quantitative estimate of drug-likeness (QED) is 0.775. The van der Waals surface area contributed by atoms with Gasteiger partial charge in [0.2, 0.25) is 10.0 Å². The molecule has 0 bridgehead atoms. The molecule has 0 spiro atoms. The van der Waals surface area contributed by atoms with Crippen molar-refractivity contribution in [1.82, 2.24) is 4.31 Å². The number of quaternary nitrogens is 1.